The topological polar surface area (TPSA) is 64.0 Å². The molecule has 0 aliphatic heterocycles. The molecule has 0 atom stereocenters. The van der Waals surface area contributed by atoms with Gasteiger partial charge in [-0.2, -0.15) is 0 Å². The van der Waals surface area contributed by atoms with Gasteiger partial charge in [0.05, 0.1) is 17.4 Å². The Labute approximate surface area is 180 Å². The second-order valence-electron chi connectivity index (χ2n) is 6.81. The SMILES string of the molecule is Cc1ccc(NC(=O)Cn2cnc3sc(-c4ccccc4)c(C)c3c2=O)c(Br)c1. The van der Waals surface area contributed by atoms with Gasteiger partial charge in [0, 0.05) is 9.35 Å². The van der Waals surface area contributed by atoms with E-state index in [0.29, 0.717) is 15.9 Å². The third kappa shape index (κ3) is 3.88. The fourth-order valence-electron chi connectivity index (χ4n) is 3.20. The zero-order valence-electron chi connectivity index (χ0n) is 15.9. The largest absolute Gasteiger partial charge is 0.324 e. The van der Waals surface area contributed by atoms with E-state index in [2.05, 4.69) is 26.2 Å². The second kappa shape index (κ2) is 7.93. The third-order valence-corrected chi connectivity index (χ3v) is 6.57. The first-order valence-corrected chi connectivity index (χ1v) is 10.6. The van der Waals surface area contributed by atoms with Crippen molar-refractivity contribution >= 4 is 49.1 Å². The fraction of sp³-hybridized carbons (Fsp3) is 0.136. The molecule has 0 saturated heterocycles. The van der Waals surface area contributed by atoms with Crippen LogP contribution in [0.15, 0.2) is 64.1 Å². The number of rotatable bonds is 4. The van der Waals surface area contributed by atoms with E-state index >= 15 is 0 Å². The lowest BCUT2D eigenvalue weighted by Crippen LogP contribution is -2.28. The number of halogens is 1. The number of carbonyl (C=O) groups excluding carboxylic acids is 1. The Hall–Kier alpha value is -2.77. The van der Waals surface area contributed by atoms with Crippen molar-refractivity contribution in [1.29, 1.82) is 0 Å². The van der Waals surface area contributed by atoms with Gasteiger partial charge in [0.2, 0.25) is 5.91 Å². The first-order valence-electron chi connectivity index (χ1n) is 9.04. The van der Waals surface area contributed by atoms with Gasteiger partial charge in [0.25, 0.3) is 5.56 Å². The van der Waals surface area contributed by atoms with Gasteiger partial charge in [0.15, 0.2) is 0 Å². The summed E-state index contributed by atoms with van der Waals surface area (Å²) in [5.74, 6) is -0.283. The number of amides is 1. The number of thiophene rings is 1. The molecule has 0 radical (unpaired) electrons. The molecule has 1 amide bonds. The predicted octanol–water partition coefficient (Wildman–Crippen LogP) is 5.14. The van der Waals surface area contributed by atoms with Crippen molar-refractivity contribution in [3.63, 3.8) is 0 Å². The third-order valence-electron chi connectivity index (χ3n) is 4.67. The van der Waals surface area contributed by atoms with E-state index in [4.69, 9.17) is 0 Å². The minimum absolute atomic E-state index is 0.0992. The number of aromatic nitrogens is 2. The number of hydrogen-bond acceptors (Lipinski definition) is 4. The quantitative estimate of drug-likeness (QED) is 0.451. The van der Waals surface area contributed by atoms with Crippen LogP contribution in [0.2, 0.25) is 0 Å². The Kier molecular flexibility index (Phi) is 5.34. The van der Waals surface area contributed by atoms with E-state index in [1.165, 1.54) is 22.2 Å². The van der Waals surface area contributed by atoms with E-state index in [1.54, 1.807) is 0 Å². The fourth-order valence-corrected chi connectivity index (χ4v) is 4.94. The van der Waals surface area contributed by atoms with Gasteiger partial charge >= 0.3 is 0 Å². The Bertz CT molecular complexity index is 1280. The number of hydrogen-bond donors (Lipinski definition) is 1. The van der Waals surface area contributed by atoms with Gasteiger partial charge < -0.3 is 5.32 Å². The highest BCUT2D eigenvalue weighted by Crippen LogP contribution is 2.35. The lowest BCUT2D eigenvalue weighted by atomic mass is 10.1. The number of fused-ring (bicyclic) bond motifs is 1. The molecule has 0 unspecified atom stereocenters. The lowest BCUT2D eigenvalue weighted by Gasteiger charge is -2.09. The second-order valence-corrected chi connectivity index (χ2v) is 8.66. The van der Waals surface area contributed by atoms with Crippen molar-refractivity contribution in [3.05, 3.63) is 80.8 Å². The molecule has 146 valence electrons. The number of nitrogens with one attached hydrogen (secondary N) is 1. The van der Waals surface area contributed by atoms with Crippen molar-refractivity contribution in [2.45, 2.75) is 20.4 Å². The molecular weight excluding hydrogens is 450 g/mol. The van der Waals surface area contributed by atoms with E-state index < -0.39 is 0 Å². The zero-order chi connectivity index (χ0) is 20.5. The van der Waals surface area contributed by atoms with E-state index in [0.717, 1.165) is 26.0 Å². The highest BCUT2D eigenvalue weighted by atomic mass is 79.9. The summed E-state index contributed by atoms with van der Waals surface area (Å²) in [6.45, 7) is 3.81. The van der Waals surface area contributed by atoms with Gasteiger partial charge in [-0.05, 0) is 58.6 Å². The highest BCUT2D eigenvalue weighted by molar-refractivity contribution is 9.10. The summed E-state index contributed by atoms with van der Waals surface area (Å²) in [5.41, 5.74) is 3.50. The summed E-state index contributed by atoms with van der Waals surface area (Å²) >= 11 is 4.94. The van der Waals surface area contributed by atoms with Gasteiger partial charge in [-0.15, -0.1) is 11.3 Å². The van der Waals surface area contributed by atoms with Crippen LogP contribution in [-0.4, -0.2) is 15.5 Å². The van der Waals surface area contributed by atoms with Crippen molar-refractivity contribution in [1.82, 2.24) is 9.55 Å². The number of anilines is 1. The van der Waals surface area contributed by atoms with Crippen molar-refractivity contribution in [3.8, 4) is 10.4 Å². The minimum atomic E-state index is -0.283. The molecule has 0 aliphatic carbocycles. The molecule has 0 fully saturated rings. The van der Waals surface area contributed by atoms with Crippen LogP contribution in [0, 0.1) is 13.8 Å². The number of carbonyl (C=O) groups is 1. The van der Waals surface area contributed by atoms with Crippen LogP contribution < -0.4 is 10.9 Å². The van der Waals surface area contributed by atoms with Gasteiger partial charge in [-0.25, -0.2) is 4.98 Å². The molecular formula is C22H18BrN3O2S. The molecule has 4 rings (SSSR count). The smallest absolute Gasteiger partial charge is 0.262 e. The Morgan fingerprint density at radius 3 is 2.66 bits per heavy atom. The maximum Gasteiger partial charge on any atom is 0.262 e. The van der Waals surface area contributed by atoms with E-state index in [-0.39, 0.29) is 18.0 Å². The standard InChI is InChI=1S/C22H18BrN3O2S/c1-13-8-9-17(16(23)10-13)25-18(27)11-26-12-24-21-19(22(26)28)14(2)20(29-21)15-6-4-3-5-7-15/h3-10,12H,11H2,1-2H3,(H,25,27). The van der Waals surface area contributed by atoms with Crippen LogP contribution in [0.5, 0.6) is 0 Å². The van der Waals surface area contributed by atoms with Crippen LogP contribution in [0.1, 0.15) is 11.1 Å². The summed E-state index contributed by atoms with van der Waals surface area (Å²) in [5, 5.41) is 3.41. The Balaban J connectivity index is 1.65. The van der Waals surface area contributed by atoms with Gasteiger partial charge in [-0.1, -0.05) is 36.4 Å². The summed E-state index contributed by atoms with van der Waals surface area (Å²) in [6.07, 6.45) is 1.44. The highest BCUT2D eigenvalue weighted by Gasteiger charge is 2.17. The average molecular weight is 468 g/mol. The lowest BCUT2D eigenvalue weighted by molar-refractivity contribution is -0.116. The molecule has 4 aromatic rings. The van der Waals surface area contributed by atoms with Crippen molar-refractivity contribution in [2.75, 3.05) is 5.32 Å². The maximum atomic E-state index is 13.0. The van der Waals surface area contributed by atoms with Crippen LogP contribution in [0.4, 0.5) is 5.69 Å². The molecule has 2 aromatic carbocycles. The normalized spacial score (nSPS) is 11.0. The Morgan fingerprint density at radius 2 is 1.93 bits per heavy atom. The molecule has 29 heavy (non-hydrogen) atoms. The van der Waals surface area contributed by atoms with Crippen LogP contribution in [0.25, 0.3) is 20.7 Å². The molecule has 1 N–H and O–H groups in total. The Morgan fingerprint density at radius 1 is 1.17 bits per heavy atom. The molecule has 0 saturated carbocycles. The molecule has 0 bridgehead atoms. The maximum absolute atomic E-state index is 13.0. The average Bonchev–Trinajstić information content (AvgIpc) is 3.04. The minimum Gasteiger partial charge on any atom is -0.324 e. The summed E-state index contributed by atoms with van der Waals surface area (Å²) in [4.78, 5) is 31.7. The summed E-state index contributed by atoms with van der Waals surface area (Å²) < 4.78 is 2.15. The van der Waals surface area contributed by atoms with Crippen molar-refractivity contribution < 1.29 is 4.79 Å². The first-order chi connectivity index (χ1) is 13.9. The molecule has 0 aliphatic rings. The summed E-state index contributed by atoms with van der Waals surface area (Å²) in [7, 11) is 0. The molecule has 2 heterocycles. The number of aryl methyl sites for hydroxylation is 2. The predicted molar refractivity (Wildman–Crippen MR) is 122 cm³/mol. The van der Waals surface area contributed by atoms with E-state index in [1.807, 2.05) is 62.4 Å². The zero-order valence-corrected chi connectivity index (χ0v) is 18.3. The van der Waals surface area contributed by atoms with Crippen molar-refractivity contribution in [2.24, 2.45) is 0 Å². The number of benzene rings is 2. The van der Waals surface area contributed by atoms with Gasteiger partial charge in [0.1, 0.15) is 11.4 Å². The first kappa shape index (κ1) is 19.5. The molecule has 0 spiro atoms. The molecule has 2 aromatic heterocycles. The van der Waals surface area contributed by atoms with E-state index in [9.17, 15) is 9.59 Å². The molecule has 5 nitrogen and oxygen atoms in total. The number of nitrogens with zero attached hydrogens (tertiary/aromatic N) is 2. The van der Waals surface area contributed by atoms with Crippen LogP contribution in [-0.2, 0) is 11.3 Å². The van der Waals surface area contributed by atoms with Crippen LogP contribution >= 0.6 is 27.3 Å². The van der Waals surface area contributed by atoms with Gasteiger partial charge in [-0.3, -0.25) is 14.2 Å². The summed E-state index contributed by atoms with van der Waals surface area (Å²) in [6, 6.07) is 15.6. The molecule has 7 heteroatoms. The van der Waals surface area contributed by atoms with Crippen LogP contribution in [0.3, 0.4) is 0 Å². The monoisotopic (exact) mass is 467 g/mol.